The minimum Gasteiger partial charge on any atom is -0.493 e. The summed E-state index contributed by atoms with van der Waals surface area (Å²) in [6.07, 6.45) is 4.75. The highest BCUT2D eigenvalue weighted by Crippen LogP contribution is 2.39. The van der Waals surface area contributed by atoms with Gasteiger partial charge in [0.25, 0.3) is 5.56 Å². The average Bonchev–Trinajstić information content (AvgIpc) is 3.15. The third-order valence-corrected chi connectivity index (χ3v) is 6.45. The van der Waals surface area contributed by atoms with Gasteiger partial charge in [-0.15, -0.1) is 5.10 Å². The Morgan fingerprint density at radius 2 is 2.03 bits per heavy atom. The van der Waals surface area contributed by atoms with Crippen LogP contribution in [-0.4, -0.2) is 37.3 Å². The van der Waals surface area contributed by atoms with Crippen molar-refractivity contribution < 1.29 is 14.7 Å². The molecule has 3 aromatic rings. The Labute approximate surface area is 192 Å². The number of fused-ring (bicyclic) bond motifs is 1. The second kappa shape index (κ2) is 9.74. The van der Waals surface area contributed by atoms with Gasteiger partial charge in [0.15, 0.2) is 11.3 Å². The maximum Gasteiger partial charge on any atom is 0.277 e. The van der Waals surface area contributed by atoms with Crippen LogP contribution in [0, 0.1) is 12.8 Å². The molecule has 1 amide bonds. The molecule has 0 bridgehead atoms. The number of aryl methyl sites for hydroxylation is 2. The van der Waals surface area contributed by atoms with E-state index in [2.05, 4.69) is 16.9 Å². The second-order valence-corrected chi connectivity index (χ2v) is 8.64. The fourth-order valence-corrected chi connectivity index (χ4v) is 4.79. The summed E-state index contributed by atoms with van der Waals surface area (Å²) in [4.78, 5) is 32.2. The van der Waals surface area contributed by atoms with Gasteiger partial charge in [-0.2, -0.15) is 0 Å². The first-order valence-electron chi connectivity index (χ1n) is 11.7. The van der Waals surface area contributed by atoms with Crippen LogP contribution in [0.2, 0.25) is 0 Å². The number of ether oxygens (including phenoxy) is 1. The van der Waals surface area contributed by atoms with Crippen LogP contribution in [0.4, 0.5) is 0 Å². The summed E-state index contributed by atoms with van der Waals surface area (Å²) in [5, 5.41) is 13.7. The Kier molecular flexibility index (Phi) is 6.78. The standard InChI is InChI=1S/C24H31N5O4/c1-4-6-20-25-14(3)21-24(31)26-22(27-29(20)21)18-13-17(11-12-19(18)33-5-2)15-7-9-16(10-8-15)23(30)28-32/h11-13,15-16,32H,4-10H2,1-3H3,(H,28,30)(H,26,27,31)/t15-,16-. The van der Waals surface area contributed by atoms with Crippen molar-refractivity contribution in [2.24, 2.45) is 5.92 Å². The van der Waals surface area contributed by atoms with Crippen LogP contribution >= 0.6 is 0 Å². The van der Waals surface area contributed by atoms with Gasteiger partial charge in [-0.1, -0.05) is 13.0 Å². The van der Waals surface area contributed by atoms with Crippen molar-refractivity contribution in [1.29, 1.82) is 0 Å². The highest BCUT2D eigenvalue weighted by atomic mass is 16.5. The van der Waals surface area contributed by atoms with Crippen molar-refractivity contribution in [2.75, 3.05) is 6.61 Å². The van der Waals surface area contributed by atoms with Crippen LogP contribution in [0.3, 0.4) is 0 Å². The third-order valence-electron chi connectivity index (χ3n) is 6.45. The molecule has 33 heavy (non-hydrogen) atoms. The molecule has 0 aliphatic heterocycles. The van der Waals surface area contributed by atoms with Crippen LogP contribution in [0.15, 0.2) is 23.0 Å². The lowest BCUT2D eigenvalue weighted by molar-refractivity contribution is -0.134. The van der Waals surface area contributed by atoms with Crippen LogP contribution < -0.4 is 15.8 Å². The molecular weight excluding hydrogens is 422 g/mol. The van der Waals surface area contributed by atoms with E-state index in [-0.39, 0.29) is 23.3 Å². The molecule has 1 fully saturated rings. The SMILES string of the molecule is CCCc1nc(C)c2c(=O)[nH]c(-c3cc([C@H]4CC[C@H](C(=O)NO)CC4)ccc3OCC)nn12. The Bertz CT molecular complexity index is 1210. The summed E-state index contributed by atoms with van der Waals surface area (Å²) in [5.41, 5.74) is 4.54. The van der Waals surface area contributed by atoms with Crippen molar-refractivity contribution in [2.45, 2.75) is 65.2 Å². The summed E-state index contributed by atoms with van der Waals surface area (Å²) >= 11 is 0. The van der Waals surface area contributed by atoms with E-state index in [0.717, 1.165) is 55.5 Å². The predicted octanol–water partition coefficient (Wildman–Crippen LogP) is 3.52. The van der Waals surface area contributed by atoms with Gasteiger partial charge in [0.2, 0.25) is 5.91 Å². The lowest BCUT2D eigenvalue weighted by atomic mass is 9.78. The Hall–Kier alpha value is -3.20. The van der Waals surface area contributed by atoms with Gasteiger partial charge in [0.1, 0.15) is 11.6 Å². The number of carbonyl (C=O) groups excluding carboxylic acids is 1. The van der Waals surface area contributed by atoms with Crippen molar-refractivity contribution in [1.82, 2.24) is 25.1 Å². The molecule has 0 spiro atoms. The average molecular weight is 454 g/mol. The summed E-state index contributed by atoms with van der Waals surface area (Å²) in [6, 6.07) is 6.01. The Morgan fingerprint density at radius 3 is 2.70 bits per heavy atom. The number of nitrogens with one attached hydrogen (secondary N) is 2. The zero-order chi connectivity index (χ0) is 23.5. The molecule has 2 aromatic heterocycles. The van der Waals surface area contributed by atoms with Gasteiger partial charge in [-0.3, -0.25) is 14.8 Å². The minimum atomic E-state index is -0.311. The summed E-state index contributed by atoms with van der Waals surface area (Å²) in [6.45, 7) is 6.30. The maximum absolute atomic E-state index is 12.9. The molecule has 1 aliphatic carbocycles. The number of aromatic nitrogens is 4. The van der Waals surface area contributed by atoms with E-state index in [1.54, 1.807) is 10.00 Å². The second-order valence-electron chi connectivity index (χ2n) is 8.64. The van der Waals surface area contributed by atoms with Crippen molar-refractivity contribution >= 4 is 11.4 Å². The largest absolute Gasteiger partial charge is 0.493 e. The van der Waals surface area contributed by atoms with E-state index >= 15 is 0 Å². The number of H-pyrrole nitrogens is 1. The zero-order valence-corrected chi connectivity index (χ0v) is 19.4. The van der Waals surface area contributed by atoms with E-state index < -0.39 is 0 Å². The lowest BCUT2D eigenvalue weighted by Gasteiger charge is -2.28. The summed E-state index contributed by atoms with van der Waals surface area (Å²) < 4.78 is 7.52. The molecule has 0 unspecified atom stereocenters. The molecule has 9 heteroatoms. The number of benzene rings is 1. The van der Waals surface area contributed by atoms with E-state index in [4.69, 9.17) is 15.0 Å². The Balaban J connectivity index is 1.74. The number of hydrogen-bond donors (Lipinski definition) is 3. The van der Waals surface area contributed by atoms with Crippen molar-refractivity contribution in [3.05, 3.63) is 45.6 Å². The molecule has 0 saturated heterocycles. The quantitative estimate of drug-likeness (QED) is 0.372. The van der Waals surface area contributed by atoms with Crippen molar-refractivity contribution in [3.8, 4) is 17.1 Å². The minimum absolute atomic E-state index is 0.157. The molecule has 4 rings (SSSR count). The van der Waals surface area contributed by atoms with E-state index in [1.165, 1.54) is 0 Å². The van der Waals surface area contributed by atoms with Crippen molar-refractivity contribution in [3.63, 3.8) is 0 Å². The highest BCUT2D eigenvalue weighted by molar-refractivity contribution is 5.77. The van der Waals surface area contributed by atoms with Crippen LogP contribution in [-0.2, 0) is 11.2 Å². The summed E-state index contributed by atoms with van der Waals surface area (Å²) in [7, 11) is 0. The van der Waals surface area contributed by atoms with Gasteiger partial charge in [0, 0.05) is 12.3 Å². The molecule has 176 valence electrons. The fourth-order valence-electron chi connectivity index (χ4n) is 4.79. The molecular formula is C24H31N5O4. The molecule has 2 heterocycles. The van der Waals surface area contributed by atoms with Gasteiger partial charge < -0.3 is 9.72 Å². The number of rotatable bonds is 7. The first-order chi connectivity index (χ1) is 16.0. The smallest absolute Gasteiger partial charge is 0.277 e. The van der Waals surface area contributed by atoms with Gasteiger partial charge in [-0.05, 0) is 69.6 Å². The lowest BCUT2D eigenvalue weighted by Crippen LogP contribution is -2.30. The molecule has 0 radical (unpaired) electrons. The van der Waals surface area contributed by atoms with E-state index in [0.29, 0.717) is 29.4 Å². The van der Waals surface area contributed by atoms with Gasteiger partial charge >= 0.3 is 0 Å². The predicted molar refractivity (Wildman–Crippen MR) is 124 cm³/mol. The van der Waals surface area contributed by atoms with Crippen LogP contribution in [0.1, 0.15) is 69.0 Å². The monoisotopic (exact) mass is 453 g/mol. The zero-order valence-electron chi connectivity index (χ0n) is 19.4. The molecule has 3 N–H and O–H groups in total. The van der Waals surface area contributed by atoms with Crippen LogP contribution in [0.5, 0.6) is 5.75 Å². The van der Waals surface area contributed by atoms with Gasteiger partial charge in [-0.25, -0.2) is 15.0 Å². The summed E-state index contributed by atoms with van der Waals surface area (Å²) in [5.74, 6) is 1.69. The maximum atomic E-state index is 12.9. The molecule has 1 saturated carbocycles. The number of carbonyl (C=O) groups is 1. The number of hydrogen-bond acceptors (Lipinski definition) is 6. The third kappa shape index (κ3) is 4.50. The van der Waals surface area contributed by atoms with E-state index in [1.807, 2.05) is 32.0 Å². The first-order valence-corrected chi connectivity index (χ1v) is 11.7. The number of amides is 1. The first kappa shape index (κ1) is 23.0. The normalized spacial score (nSPS) is 18.4. The van der Waals surface area contributed by atoms with E-state index in [9.17, 15) is 9.59 Å². The topological polar surface area (TPSA) is 122 Å². The molecule has 1 aliphatic rings. The fraction of sp³-hybridized carbons (Fsp3) is 0.500. The highest BCUT2D eigenvalue weighted by Gasteiger charge is 2.27. The molecule has 1 aromatic carbocycles. The number of imidazole rings is 1. The number of nitrogens with zero attached hydrogens (tertiary/aromatic N) is 3. The molecule has 9 nitrogen and oxygen atoms in total. The van der Waals surface area contributed by atoms with Gasteiger partial charge in [0.05, 0.1) is 17.9 Å². The number of aromatic amines is 1. The Morgan fingerprint density at radius 1 is 1.27 bits per heavy atom. The number of hydroxylamine groups is 1. The van der Waals surface area contributed by atoms with Crippen LogP contribution in [0.25, 0.3) is 16.9 Å². The molecule has 0 atom stereocenters.